The summed E-state index contributed by atoms with van der Waals surface area (Å²) >= 11 is 5.70. The van der Waals surface area contributed by atoms with Crippen molar-refractivity contribution in [2.45, 2.75) is 132 Å². The number of aliphatic hydroxyl groups is 2. The van der Waals surface area contributed by atoms with E-state index in [0.29, 0.717) is 38.6 Å². The number of aromatic nitrogens is 2. The number of hydrogen-bond acceptors (Lipinski definition) is 16. The maximum atomic E-state index is 13.0. The van der Waals surface area contributed by atoms with Gasteiger partial charge in [-0.15, -0.1) is 0 Å². The van der Waals surface area contributed by atoms with Crippen LogP contribution in [0.4, 0.5) is 26.7 Å². The van der Waals surface area contributed by atoms with E-state index in [0.717, 1.165) is 32.1 Å². The highest BCUT2D eigenvalue weighted by Gasteiger charge is 2.38. The number of halogens is 6. The predicted octanol–water partition coefficient (Wildman–Crippen LogP) is 6.22. The minimum absolute atomic E-state index is 0.0215. The highest BCUT2D eigenvalue weighted by atomic mass is 35.5. The number of carbonyl (C=O) groups excluding carboxylic acids is 2. The number of nitrogens with one attached hydrogen (secondary N) is 1. The molecule has 3 saturated heterocycles. The van der Waals surface area contributed by atoms with Gasteiger partial charge in [-0.3, -0.25) is 4.79 Å². The molecule has 408 valence electrons. The van der Waals surface area contributed by atoms with Gasteiger partial charge in [-0.1, -0.05) is 11.6 Å². The molecule has 0 saturated carbocycles. The number of amides is 1. The number of nitrogens with zero attached hydrogens (tertiary/aromatic N) is 4. The molecule has 0 aromatic carbocycles. The third kappa shape index (κ3) is 24.0. The number of sulfonamides is 2. The number of aliphatic carboxylic acids is 1. The van der Waals surface area contributed by atoms with Crippen LogP contribution in [0.25, 0.3) is 0 Å². The largest absolute Gasteiger partial charge is 0.490 e. The fourth-order valence-corrected chi connectivity index (χ4v) is 9.00. The molecule has 1 amide bonds. The van der Waals surface area contributed by atoms with E-state index in [1.807, 2.05) is 0 Å². The lowest BCUT2D eigenvalue weighted by Gasteiger charge is -2.26. The van der Waals surface area contributed by atoms with Crippen molar-refractivity contribution in [3.63, 3.8) is 0 Å². The van der Waals surface area contributed by atoms with E-state index in [4.69, 9.17) is 50.3 Å². The summed E-state index contributed by atoms with van der Waals surface area (Å²) in [5.41, 5.74) is -0.842. The molecule has 3 fully saturated rings. The van der Waals surface area contributed by atoms with Crippen LogP contribution in [0.15, 0.2) is 70.3 Å². The number of carboxylic acid groups (broad SMARTS) is 1. The zero-order valence-corrected chi connectivity index (χ0v) is 43.0. The Morgan fingerprint density at radius 3 is 1.86 bits per heavy atom. The Hall–Kier alpha value is -4.61. The number of alkyl halides is 3. The van der Waals surface area contributed by atoms with Crippen molar-refractivity contribution in [1.82, 2.24) is 23.9 Å². The normalized spacial score (nSPS) is 19.3. The monoisotopic (exact) mass is 1100 g/mol. The van der Waals surface area contributed by atoms with Gasteiger partial charge in [-0.25, -0.2) is 45.2 Å². The average molecular weight is 1100 g/mol. The number of pyridine rings is 2. The van der Waals surface area contributed by atoms with Crippen molar-refractivity contribution in [3.05, 3.63) is 65.6 Å². The van der Waals surface area contributed by atoms with Gasteiger partial charge in [-0.2, -0.15) is 21.8 Å². The zero-order chi connectivity index (χ0) is 54.5. The molecule has 28 heteroatoms. The zero-order valence-electron chi connectivity index (χ0n) is 40.6. The Bertz CT molecular complexity index is 2310. The first-order chi connectivity index (χ1) is 33.4. The van der Waals surface area contributed by atoms with E-state index >= 15 is 0 Å². The van der Waals surface area contributed by atoms with Crippen molar-refractivity contribution in [2.24, 2.45) is 0 Å². The molecule has 20 nitrogen and oxygen atoms in total. The Kier molecular flexibility index (Phi) is 25.9. The topological polar surface area (TPSA) is 271 Å². The summed E-state index contributed by atoms with van der Waals surface area (Å²) in [6.07, 6.45) is 0.727. The lowest BCUT2D eigenvalue weighted by molar-refractivity contribution is -0.192. The summed E-state index contributed by atoms with van der Waals surface area (Å²) in [5, 5.41) is 27.9. The number of ether oxygens (including phenoxy) is 5. The van der Waals surface area contributed by atoms with Crippen LogP contribution < -0.4 is 10.1 Å². The van der Waals surface area contributed by atoms with Crippen LogP contribution in [0.5, 0.6) is 5.88 Å². The standard InChI is InChI=1S/C18H26FN3O6S.C14H19ClN2O4S.C10H17FO3.C2HF3O2/c1-18(2,3)28-17(24)21-9-13(8-19)12-27-16-5-4-15(10-20-16)29(25,26)22-7-6-14(23)11-22;15-13-5-4-12(9-16-13)22(18,19)17-7-6-11(10-17)21-14-3-1-2-8-20-14;1-10(2,3)14-9(13)5-4-8(6-11)7-12;3-2(4,5)1(6)7/h4-5,8,10,14,23H,6-7,9,11-12H2,1-3H3,(H,21,24);4-5,9,11,14H,1-3,6-8,10H2;6,12H,4-5,7H2,1-3H3;(H,6,7)/b13-8-;;8-6-;/t14-;11-,14?;;/m00../s1. The molecule has 2 aromatic rings. The van der Waals surface area contributed by atoms with Gasteiger partial charge in [0.25, 0.3) is 0 Å². The molecule has 3 aliphatic heterocycles. The first-order valence-electron chi connectivity index (χ1n) is 22.2. The molecule has 3 atom stereocenters. The van der Waals surface area contributed by atoms with E-state index in [2.05, 4.69) is 15.3 Å². The van der Waals surface area contributed by atoms with E-state index < -0.39 is 55.6 Å². The minimum Gasteiger partial charge on any atom is -0.475 e. The quantitative estimate of drug-likeness (QED) is 0.0875. The second-order valence-electron chi connectivity index (χ2n) is 17.9. The van der Waals surface area contributed by atoms with E-state index in [1.54, 1.807) is 41.5 Å². The summed E-state index contributed by atoms with van der Waals surface area (Å²) < 4.78 is 136. The molecular formula is C44H63ClF5N5O15S2. The first kappa shape index (κ1) is 63.5. The first-order valence-corrected chi connectivity index (χ1v) is 25.5. The van der Waals surface area contributed by atoms with Gasteiger partial charge in [0.1, 0.15) is 32.8 Å². The number of β-amino-alcohol motifs (C(OH)–C–C–N with tert-alkyl or cyclic N) is 1. The average Bonchev–Trinajstić information content (AvgIpc) is 3.97. The van der Waals surface area contributed by atoms with Crippen molar-refractivity contribution in [3.8, 4) is 5.88 Å². The maximum Gasteiger partial charge on any atom is 0.490 e. The molecule has 5 rings (SSSR count). The third-order valence-electron chi connectivity index (χ3n) is 9.49. The number of carbonyl (C=O) groups is 3. The fraction of sp³-hybridized carbons (Fsp3) is 0.614. The van der Waals surface area contributed by atoms with Crippen molar-refractivity contribution < 1.29 is 92.2 Å². The Balaban J connectivity index is 0.000000364. The molecule has 1 unspecified atom stereocenters. The van der Waals surface area contributed by atoms with Gasteiger partial charge >= 0.3 is 24.2 Å². The number of carboxylic acids is 1. The van der Waals surface area contributed by atoms with Gasteiger partial charge in [0, 0.05) is 63.6 Å². The maximum absolute atomic E-state index is 13.0. The lowest BCUT2D eigenvalue weighted by atomic mass is 10.1. The second-order valence-corrected chi connectivity index (χ2v) is 22.1. The number of hydrogen-bond donors (Lipinski definition) is 4. The number of esters is 1. The van der Waals surface area contributed by atoms with Gasteiger partial charge in [0.2, 0.25) is 25.9 Å². The molecule has 0 bridgehead atoms. The Labute approximate surface area is 420 Å². The summed E-state index contributed by atoms with van der Waals surface area (Å²) in [7, 11) is -7.27. The van der Waals surface area contributed by atoms with Crippen LogP contribution in [0.1, 0.15) is 86.5 Å². The molecule has 3 aliphatic rings. The fourth-order valence-electron chi connectivity index (χ4n) is 6.02. The second kappa shape index (κ2) is 29.3. The molecule has 2 aromatic heterocycles. The summed E-state index contributed by atoms with van der Waals surface area (Å²) in [6, 6.07) is 5.65. The van der Waals surface area contributed by atoms with Gasteiger partial charge in [-0.05, 0) is 104 Å². The van der Waals surface area contributed by atoms with Crippen LogP contribution in [0.3, 0.4) is 0 Å². The minimum atomic E-state index is -5.08. The number of rotatable bonds is 15. The molecule has 0 spiro atoms. The highest BCUT2D eigenvalue weighted by Crippen LogP contribution is 2.26. The molecule has 4 N–H and O–H groups in total. The Morgan fingerprint density at radius 2 is 1.40 bits per heavy atom. The van der Waals surface area contributed by atoms with Gasteiger partial charge in [0.15, 0.2) is 6.29 Å². The van der Waals surface area contributed by atoms with Crippen LogP contribution in [-0.4, -0.2) is 157 Å². The van der Waals surface area contributed by atoms with Crippen molar-refractivity contribution in [1.29, 1.82) is 0 Å². The molecular weight excluding hydrogens is 1030 g/mol. The molecule has 0 aliphatic carbocycles. The smallest absolute Gasteiger partial charge is 0.475 e. The summed E-state index contributed by atoms with van der Waals surface area (Å²) in [5.74, 6) is -3.04. The molecule has 5 heterocycles. The van der Waals surface area contributed by atoms with Gasteiger partial charge in [0.05, 0.1) is 37.7 Å². The van der Waals surface area contributed by atoms with E-state index in [9.17, 15) is 53.5 Å². The Morgan fingerprint density at radius 1 is 0.833 bits per heavy atom. The SMILES string of the molecule is CC(C)(C)OC(=O)CC/C(=C/F)CO.CC(C)(C)OC(=O)NC/C(=C/F)COc1ccc(S(=O)(=O)N2CC[C@H](O)C2)cn1.O=C(O)C(F)(F)F.O=S(=O)(c1ccc(Cl)nc1)N1CC[C@H](OC2CCCCO2)C1. The van der Waals surface area contributed by atoms with Crippen LogP contribution in [-0.2, 0) is 48.6 Å². The number of aliphatic hydroxyl groups excluding tert-OH is 2. The number of alkyl carbamates (subject to hydrolysis) is 1. The summed E-state index contributed by atoms with van der Waals surface area (Å²) in [4.78, 5) is 39.5. The van der Waals surface area contributed by atoms with Crippen LogP contribution in [0.2, 0.25) is 5.15 Å². The third-order valence-corrected chi connectivity index (χ3v) is 13.4. The van der Waals surface area contributed by atoms with Gasteiger partial charge < -0.3 is 44.3 Å². The highest BCUT2D eigenvalue weighted by molar-refractivity contribution is 7.89. The molecule has 72 heavy (non-hydrogen) atoms. The predicted molar refractivity (Wildman–Crippen MR) is 249 cm³/mol. The summed E-state index contributed by atoms with van der Waals surface area (Å²) in [6.45, 7) is 11.6. The van der Waals surface area contributed by atoms with E-state index in [1.165, 1.54) is 39.1 Å². The lowest BCUT2D eigenvalue weighted by Crippen LogP contribution is -2.34. The van der Waals surface area contributed by atoms with Crippen molar-refractivity contribution in [2.75, 3.05) is 52.5 Å². The molecule has 0 radical (unpaired) electrons. The van der Waals surface area contributed by atoms with Crippen LogP contribution in [0, 0.1) is 0 Å². The van der Waals surface area contributed by atoms with E-state index in [-0.39, 0.29) is 96.0 Å². The van der Waals surface area contributed by atoms with Crippen LogP contribution >= 0.6 is 11.6 Å². The van der Waals surface area contributed by atoms with Crippen molar-refractivity contribution >= 4 is 49.7 Å².